The number of amides is 2. The summed E-state index contributed by atoms with van der Waals surface area (Å²) >= 11 is 0. The van der Waals surface area contributed by atoms with E-state index in [1.165, 1.54) is 18.2 Å². The normalized spacial score (nSPS) is 17.1. The molecule has 0 radical (unpaired) electrons. The summed E-state index contributed by atoms with van der Waals surface area (Å²) in [7, 11) is 0. The van der Waals surface area contributed by atoms with Crippen molar-refractivity contribution in [2.75, 3.05) is 9.80 Å². The quantitative estimate of drug-likeness (QED) is 0.340. The minimum Gasteiger partial charge on any atom is -0.309 e. The van der Waals surface area contributed by atoms with Crippen LogP contribution in [0.15, 0.2) is 78.9 Å². The summed E-state index contributed by atoms with van der Waals surface area (Å²) in [6.07, 6.45) is 1.76. The molecule has 0 aliphatic carbocycles. The molecular formula is C27H27N3O4. The lowest BCUT2D eigenvalue weighted by Crippen LogP contribution is -2.47. The van der Waals surface area contributed by atoms with Gasteiger partial charge in [-0.05, 0) is 49.6 Å². The lowest BCUT2D eigenvalue weighted by molar-refractivity contribution is -0.384. The predicted octanol–water partition coefficient (Wildman–Crippen LogP) is 5.91. The van der Waals surface area contributed by atoms with Crippen LogP contribution in [0, 0.1) is 10.1 Å². The molecule has 3 aromatic carbocycles. The molecule has 1 heterocycles. The van der Waals surface area contributed by atoms with Gasteiger partial charge in [0.25, 0.3) is 11.6 Å². The first-order valence-electron chi connectivity index (χ1n) is 11.5. The fourth-order valence-corrected chi connectivity index (χ4v) is 4.66. The molecule has 2 atom stereocenters. The van der Waals surface area contributed by atoms with Crippen LogP contribution in [0.25, 0.3) is 0 Å². The number of para-hydroxylation sites is 2. The van der Waals surface area contributed by atoms with Crippen molar-refractivity contribution >= 4 is 28.9 Å². The summed E-state index contributed by atoms with van der Waals surface area (Å²) in [5.74, 6) is -0.257. The minimum absolute atomic E-state index is 0.0668. The van der Waals surface area contributed by atoms with Crippen LogP contribution in [0.2, 0.25) is 0 Å². The predicted molar refractivity (Wildman–Crippen MR) is 132 cm³/mol. The molecule has 34 heavy (non-hydrogen) atoms. The molecule has 0 spiro atoms. The maximum absolute atomic E-state index is 13.9. The van der Waals surface area contributed by atoms with Crippen molar-refractivity contribution in [3.05, 3.63) is 100 Å². The van der Waals surface area contributed by atoms with Gasteiger partial charge in [-0.25, -0.2) is 0 Å². The molecule has 174 valence electrons. The maximum Gasteiger partial charge on any atom is 0.270 e. The summed E-state index contributed by atoms with van der Waals surface area (Å²) < 4.78 is 0. The number of anilines is 2. The van der Waals surface area contributed by atoms with Crippen molar-refractivity contribution < 1.29 is 14.5 Å². The van der Waals surface area contributed by atoms with E-state index in [9.17, 15) is 19.7 Å². The van der Waals surface area contributed by atoms with Gasteiger partial charge in [0.05, 0.1) is 11.0 Å². The van der Waals surface area contributed by atoms with E-state index in [0.717, 1.165) is 17.7 Å². The number of carbonyl (C=O) groups excluding carboxylic acids is 2. The molecular weight excluding hydrogens is 430 g/mol. The van der Waals surface area contributed by atoms with Gasteiger partial charge in [-0.15, -0.1) is 0 Å². The molecule has 0 fully saturated rings. The van der Waals surface area contributed by atoms with Gasteiger partial charge in [-0.2, -0.15) is 0 Å². The van der Waals surface area contributed by atoms with Crippen LogP contribution in [0.5, 0.6) is 0 Å². The lowest BCUT2D eigenvalue weighted by Gasteiger charge is -2.43. The second-order valence-corrected chi connectivity index (χ2v) is 8.49. The van der Waals surface area contributed by atoms with Crippen molar-refractivity contribution in [2.45, 2.75) is 45.2 Å². The average Bonchev–Trinajstić information content (AvgIpc) is 2.85. The van der Waals surface area contributed by atoms with Gasteiger partial charge in [-0.1, -0.05) is 49.4 Å². The standard InChI is InChI=1S/C27H27N3O4/c1-3-10-26(31)28-19(2)17-25(23-15-7-8-16-24(23)28)29(21-12-5-4-6-13-21)27(32)20-11-9-14-22(18-20)30(33)34/h4-9,11-16,18-19,25H,3,10,17H2,1-2H3/t19-,25-/m1/s1. The van der Waals surface area contributed by atoms with E-state index in [0.29, 0.717) is 18.5 Å². The Balaban J connectivity index is 1.83. The van der Waals surface area contributed by atoms with E-state index in [1.54, 1.807) is 11.0 Å². The van der Waals surface area contributed by atoms with E-state index in [2.05, 4.69) is 0 Å². The molecule has 0 aromatic heterocycles. The highest BCUT2D eigenvalue weighted by Crippen LogP contribution is 2.43. The highest BCUT2D eigenvalue weighted by atomic mass is 16.6. The number of nitro groups is 1. The Bertz CT molecular complexity index is 1210. The number of hydrogen-bond donors (Lipinski definition) is 0. The molecule has 7 nitrogen and oxygen atoms in total. The first kappa shape index (κ1) is 23.2. The van der Waals surface area contributed by atoms with Crippen LogP contribution in [0.1, 0.15) is 55.1 Å². The first-order chi connectivity index (χ1) is 16.4. The monoisotopic (exact) mass is 457 g/mol. The fourth-order valence-electron chi connectivity index (χ4n) is 4.66. The molecule has 1 aliphatic heterocycles. The van der Waals surface area contributed by atoms with E-state index in [1.807, 2.05) is 73.3 Å². The largest absolute Gasteiger partial charge is 0.309 e. The van der Waals surface area contributed by atoms with Crippen molar-refractivity contribution in [1.82, 2.24) is 0 Å². The Morgan fingerprint density at radius 1 is 1.03 bits per heavy atom. The van der Waals surface area contributed by atoms with Crippen molar-refractivity contribution in [3.63, 3.8) is 0 Å². The molecule has 4 rings (SSSR count). The first-order valence-corrected chi connectivity index (χ1v) is 11.5. The van der Waals surface area contributed by atoms with Gasteiger partial charge in [0, 0.05) is 41.5 Å². The lowest BCUT2D eigenvalue weighted by atomic mass is 9.89. The Labute approximate surface area is 198 Å². The minimum atomic E-state index is -0.501. The SMILES string of the molecule is CCCC(=O)N1c2ccccc2[C@H](N(C(=O)c2cccc([N+](=O)[O-])c2)c2ccccc2)C[C@H]1C. The number of rotatable bonds is 6. The highest BCUT2D eigenvalue weighted by molar-refractivity contribution is 6.07. The topological polar surface area (TPSA) is 83.8 Å². The summed E-state index contributed by atoms with van der Waals surface area (Å²) in [6, 6.07) is 22.3. The zero-order valence-electron chi connectivity index (χ0n) is 19.3. The van der Waals surface area contributed by atoms with Crippen molar-refractivity contribution in [2.24, 2.45) is 0 Å². The summed E-state index contributed by atoms with van der Waals surface area (Å²) in [5, 5.41) is 11.3. The molecule has 0 bridgehead atoms. The van der Waals surface area contributed by atoms with E-state index < -0.39 is 4.92 Å². The molecule has 3 aromatic rings. The molecule has 7 heteroatoms. The smallest absolute Gasteiger partial charge is 0.270 e. The number of nitro benzene ring substituents is 1. The zero-order valence-corrected chi connectivity index (χ0v) is 19.3. The average molecular weight is 458 g/mol. The number of benzene rings is 3. The van der Waals surface area contributed by atoms with Gasteiger partial charge in [0.2, 0.25) is 5.91 Å². The number of nitrogens with zero attached hydrogens (tertiary/aromatic N) is 3. The van der Waals surface area contributed by atoms with E-state index >= 15 is 0 Å². The number of hydrogen-bond acceptors (Lipinski definition) is 4. The highest BCUT2D eigenvalue weighted by Gasteiger charge is 2.38. The van der Waals surface area contributed by atoms with E-state index in [-0.39, 0.29) is 35.1 Å². The number of non-ortho nitro benzene ring substituents is 1. The van der Waals surface area contributed by atoms with E-state index in [4.69, 9.17) is 0 Å². The van der Waals surface area contributed by atoms with Crippen LogP contribution in [0.4, 0.5) is 17.1 Å². The molecule has 0 saturated carbocycles. The van der Waals surface area contributed by atoms with Crippen LogP contribution in [-0.4, -0.2) is 22.8 Å². The number of carbonyl (C=O) groups is 2. The zero-order chi connectivity index (χ0) is 24.2. The van der Waals surface area contributed by atoms with Gasteiger partial charge < -0.3 is 9.80 Å². The molecule has 0 N–H and O–H groups in total. The van der Waals surface area contributed by atoms with Gasteiger partial charge in [-0.3, -0.25) is 19.7 Å². The van der Waals surface area contributed by atoms with Crippen LogP contribution >= 0.6 is 0 Å². The Kier molecular flexibility index (Phi) is 6.72. The van der Waals surface area contributed by atoms with Crippen LogP contribution < -0.4 is 9.80 Å². The second-order valence-electron chi connectivity index (χ2n) is 8.49. The third-order valence-electron chi connectivity index (χ3n) is 6.16. The molecule has 2 amide bonds. The molecule has 0 unspecified atom stereocenters. The summed E-state index contributed by atoms with van der Waals surface area (Å²) in [6.45, 7) is 3.98. The maximum atomic E-state index is 13.9. The Morgan fingerprint density at radius 2 is 1.74 bits per heavy atom. The van der Waals surface area contributed by atoms with Crippen LogP contribution in [0.3, 0.4) is 0 Å². The second kappa shape index (κ2) is 9.87. The molecule has 1 aliphatic rings. The number of fused-ring (bicyclic) bond motifs is 1. The fraction of sp³-hybridized carbons (Fsp3) is 0.259. The van der Waals surface area contributed by atoms with Crippen LogP contribution in [-0.2, 0) is 4.79 Å². The Morgan fingerprint density at radius 3 is 2.44 bits per heavy atom. The van der Waals surface area contributed by atoms with Gasteiger partial charge >= 0.3 is 0 Å². The van der Waals surface area contributed by atoms with Gasteiger partial charge in [0.15, 0.2) is 0 Å². The summed E-state index contributed by atoms with van der Waals surface area (Å²) in [5.41, 5.74) is 2.49. The Hall–Kier alpha value is -4.00. The van der Waals surface area contributed by atoms with Gasteiger partial charge in [0.1, 0.15) is 0 Å². The van der Waals surface area contributed by atoms with Crippen molar-refractivity contribution in [1.29, 1.82) is 0 Å². The summed E-state index contributed by atoms with van der Waals surface area (Å²) in [4.78, 5) is 41.2. The van der Waals surface area contributed by atoms with Crippen molar-refractivity contribution in [3.8, 4) is 0 Å². The molecule has 0 saturated heterocycles. The third kappa shape index (κ3) is 4.41. The third-order valence-corrected chi connectivity index (χ3v) is 6.16.